The summed E-state index contributed by atoms with van der Waals surface area (Å²) in [6.07, 6.45) is 0. The third-order valence-corrected chi connectivity index (χ3v) is 3.65. The van der Waals surface area contributed by atoms with Crippen LogP contribution in [0.4, 0.5) is 11.4 Å². The number of nitro benzene ring substituents is 1. The maximum atomic E-state index is 11.9. The second kappa shape index (κ2) is 7.96. The molecule has 0 heterocycles. The number of nitro groups is 1. The Bertz CT molecular complexity index is 834. The predicted octanol–water partition coefficient (Wildman–Crippen LogP) is 4.01. The molecule has 130 valence electrons. The van der Waals surface area contributed by atoms with Gasteiger partial charge in [-0.2, -0.15) is 0 Å². The Balaban J connectivity index is 2.00. The zero-order chi connectivity index (χ0) is 18.6. The van der Waals surface area contributed by atoms with Crippen molar-refractivity contribution in [3.8, 4) is 0 Å². The number of hydrogen-bond donors (Lipinski definition) is 1. The van der Waals surface area contributed by atoms with E-state index in [1.165, 1.54) is 43.3 Å². The SMILES string of the molecule is Cc1c(NC(=O)COC(=O)c2cc(Cl)cc(Cl)c2)cccc1[N+](=O)[O-]. The van der Waals surface area contributed by atoms with E-state index in [1.807, 2.05) is 0 Å². The van der Waals surface area contributed by atoms with Crippen LogP contribution >= 0.6 is 23.2 Å². The van der Waals surface area contributed by atoms with Crippen molar-refractivity contribution < 1.29 is 19.2 Å². The monoisotopic (exact) mass is 382 g/mol. The lowest BCUT2D eigenvalue weighted by atomic mass is 10.1. The first-order valence-electron chi connectivity index (χ1n) is 6.95. The predicted molar refractivity (Wildman–Crippen MR) is 93.2 cm³/mol. The lowest BCUT2D eigenvalue weighted by Crippen LogP contribution is -2.21. The van der Waals surface area contributed by atoms with Crippen LogP contribution < -0.4 is 5.32 Å². The van der Waals surface area contributed by atoms with Crippen molar-refractivity contribution in [2.45, 2.75) is 6.92 Å². The number of ether oxygens (including phenoxy) is 1. The lowest BCUT2D eigenvalue weighted by molar-refractivity contribution is -0.385. The highest BCUT2D eigenvalue weighted by molar-refractivity contribution is 6.35. The largest absolute Gasteiger partial charge is 0.452 e. The van der Waals surface area contributed by atoms with Crippen molar-refractivity contribution in [3.63, 3.8) is 0 Å². The highest BCUT2D eigenvalue weighted by Gasteiger charge is 2.16. The molecular weight excluding hydrogens is 371 g/mol. The van der Waals surface area contributed by atoms with Gasteiger partial charge in [-0.3, -0.25) is 14.9 Å². The molecule has 0 bridgehead atoms. The molecule has 25 heavy (non-hydrogen) atoms. The Morgan fingerprint density at radius 2 is 1.84 bits per heavy atom. The molecule has 0 aliphatic rings. The van der Waals surface area contributed by atoms with Gasteiger partial charge in [-0.05, 0) is 31.2 Å². The number of benzene rings is 2. The van der Waals surface area contributed by atoms with Crippen molar-refractivity contribution in [1.29, 1.82) is 0 Å². The average Bonchev–Trinajstić information content (AvgIpc) is 2.53. The van der Waals surface area contributed by atoms with Crippen LogP contribution in [0, 0.1) is 17.0 Å². The summed E-state index contributed by atoms with van der Waals surface area (Å²) in [5, 5.41) is 13.9. The van der Waals surface area contributed by atoms with Crippen molar-refractivity contribution in [3.05, 3.63) is 67.7 Å². The van der Waals surface area contributed by atoms with Gasteiger partial charge in [-0.1, -0.05) is 29.3 Å². The van der Waals surface area contributed by atoms with Gasteiger partial charge in [-0.25, -0.2) is 4.79 Å². The van der Waals surface area contributed by atoms with E-state index in [0.717, 1.165) is 0 Å². The number of carbonyl (C=O) groups excluding carboxylic acids is 2. The fourth-order valence-electron chi connectivity index (χ4n) is 2.03. The number of nitrogens with zero attached hydrogens (tertiary/aromatic N) is 1. The molecule has 0 saturated heterocycles. The third kappa shape index (κ3) is 4.91. The second-order valence-electron chi connectivity index (χ2n) is 4.99. The molecule has 0 saturated carbocycles. The van der Waals surface area contributed by atoms with Crippen molar-refractivity contribution in [1.82, 2.24) is 0 Å². The van der Waals surface area contributed by atoms with E-state index in [-0.39, 0.29) is 27.0 Å². The molecule has 0 aliphatic carbocycles. The molecule has 9 heteroatoms. The van der Waals surface area contributed by atoms with Gasteiger partial charge >= 0.3 is 5.97 Å². The van der Waals surface area contributed by atoms with Gasteiger partial charge in [0.1, 0.15) is 0 Å². The van der Waals surface area contributed by atoms with Crippen LogP contribution in [0.1, 0.15) is 15.9 Å². The molecular formula is C16H12Cl2N2O5. The second-order valence-corrected chi connectivity index (χ2v) is 5.86. The lowest BCUT2D eigenvalue weighted by Gasteiger charge is -2.09. The number of amides is 1. The van der Waals surface area contributed by atoms with E-state index < -0.39 is 23.4 Å². The van der Waals surface area contributed by atoms with E-state index >= 15 is 0 Å². The topological polar surface area (TPSA) is 98.5 Å². The van der Waals surface area contributed by atoms with E-state index in [1.54, 1.807) is 0 Å². The van der Waals surface area contributed by atoms with Gasteiger partial charge in [0.2, 0.25) is 0 Å². The van der Waals surface area contributed by atoms with Crippen molar-refractivity contribution in [2.75, 3.05) is 11.9 Å². The minimum Gasteiger partial charge on any atom is -0.452 e. The fraction of sp³-hybridized carbons (Fsp3) is 0.125. The van der Waals surface area contributed by atoms with Gasteiger partial charge in [0.15, 0.2) is 6.61 Å². The molecule has 0 unspecified atom stereocenters. The molecule has 0 fully saturated rings. The number of hydrogen-bond acceptors (Lipinski definition) is 5. The highest BCUT2D eigenvalue weighted by Crippen LogP contribution is 2.25. The molecule has 1 amide bonds. The Labute approximate surface area is 152 Å². The minimum atomic E-state index is -0.768. The molecule has 2 aromatic carbocycles. The summed E-state index contributed by atoms with van der Waals surface area (Å²) in [5.74, 6) is -1.40. The van der Waals surface area contributed by atoms with Crippen LogP contribution in [0.25, 0.3) is 0 Å². The average molecular weight is 383 g/mol. The molecule has 0 atom stereocenters. The molecule has 0 aliphatic heterocycles. The first-order valence-corrected chi connectivity index (χ1v) is 7.70. The fourth-order valence-corrected chi connectivity index (χ4v) is 2.56. The van der Waals surface area contributed by atoms with Gasteiger partial charge in [0, 0.05) is 16.1 Å². The van der Waals surface area contributed by atoms with Crippen molar-refractivity contribution >= 4 is 46.5 Å². The van der Waals surface area contributed by atoms with Gasteiger partial charge in [-0.15, -0.1) is 0 Å². The normalized spacial score (nSPS) is 10.2. The third-order valence-electron chi connectivity index (χ3n) is 3.21. The highest BCUT2D eigenvalue weighted by atomic mass is 35.5. The Morgan fingerprint density at radius 3 is 2.44 bits per heavy atom. The number of esters is 1. The van der Waals surface area contributed by atoms with Crippen LogP contribution in [-0.4, -0.2) is 23.4 Å². The molecule has 0 aromatic heterocycles. The number of halogens is 2. The zero-order valence-corrected chi connectivity index (χ0v) is 14.4. The Morgan fingerprint density at radius 1 is 1.20 bits per heavy atom. The van der Waals surface area contributed by atoms with Gasteiger partial charge < -0.3 is 10.1 Å². The summed E-state index contributed by atoms with van der Waals surface area (Å²) >= 11 is 11.6. The standard InChI is InChI=1S/C16H12Cl2N2O5/c1-9-13(3-2-4-14(9)20(23)24)19-15(21)8-25-16(22)10-5-11(17)7-12(18)6-10/h2-7H,8H2,1H3,(H,19,21). The first-order chi connectivity index (χ1) is 11.8. The summed E-state index contributed by atoms with van der Waals surface area (Å²) in [5.41, 5.74) is 0.551. The van der Waals surface area contributed by atoms with E-state index in [9.17, 15) is 19.7 Å². The zero-order valence-electron chi connectivity index (χ0n) is 12.9. The summed E-state index contributed by atoms with van der Waals surface area (Å²) in [6.45, 7) is 0.943. The van der Waals surface area contributed by atoms with Crippen LogP contribution in [0.15, 0.2) is 36.4 Å². The maximum absolute atomic E-state index is 11.9. The summed E-state index contributed by atoms with van der Waals surface area (Å²) in [7, 11) is 0. The van der Waals surface area contributed by atoms with Crippen LogP contribution in [0.2, 0.25) is 10.0 Å². The molecule has 0 spiro atoms. The molecule has 1 N–H and O–H groups in total. The minimum absolute atomic E-state index is 0.108. The number of carbonyl (C=O) groups is 2. The summed E-state index contributed by atoms with van der Waals surface area (Å²) in [4.78, 5) is 34.2. The molecule has 2 aromatic rings. The first kappa shape index (κ1) is 18.7. The number of nitrogens with one attached hydrogen (secondary N) is 1. The van der Waals surface area contributed by atoms with E-state index in [0.29, 0.717) is 5.56 Å². The van der Waals surface area contributed by atoms with Crippen LogP contribution in [-0.2, 0) is 9.53 Å². The molecule has 2 rings (SSSR count). The van der Waals surface area contributed by atoms with E-state index in [4.69, 9.17) is 27.9 Å². The van der Waals surface area contributed by atoms with Gasteiger partial charge in [0.25, 0.3) is 11.6 Å². The molecule has 0 radical (unpaired) electrons. The Kier molecular flexibility index (Phi) is 5.95. The number of anilines is 1. The Hall–Kier alpha value is -2.64. The van der Waals surface area contributed by atoms with E-state index in [2.05, 4.69) is 5.32 Å². The van der Waals surface area contributed by atoms with Crippen molar-refractivity contribution in [2.24, 2.45) is 0 Å². The smallest absolute Gasteiger partial charge is 0.338 e. The van der Waals surface area contributed by atoms with Crippen LogP contribution in [0.3, 0.4) is 0 Å². The maximum Gasteiger partial charge on any atom is 0.338 e. The van der Waals surface area contributed by atoms with Gasteiger partial charge in [0.05, 0.1) is 21.7 Å². The van der Waals surface area contributed by atoms with Crippen LogP contribution in [0.5, 0.6) is 0 Å². The molecule has 7 nitrogen and oxygen atoms in total. The summed E-state index contributed by atoms with van der Waals surface area (Å²) in [6, 6.07) is 8.46. The number of rotatable bonds is 5. The quantitative estimate of drug-likeness (QED) is 0.478. The summed E-state index contributed by atoms with van der Waals surface area (Å²) < 4.78 is 4.89.